The molecule has 1 heterocycles. The van der Waals surface area contributed by atoms with Crippen LogP contribution in [0, 0.1) is 11.3 Å². The zero-order valence-corrected chi connectivity index (χ0v) is 10.4. The highest BCUT2D eigenvalue weighted by molar-refractivity contribution is 8.00. The third-order valence-corrected chi connectivity index (χ3v) is 3.38. The Morgan fingerprint density at radius 1 is 1.59 bits per heavy atom. The van der Waals surface area contributed by atoms with Crippen LogP contribution in [0.5, 0.6) is 0 Å². The van der Waals surface area contributed by atoms with Crippen LogP contribution in [-0.2, 0) is 6.54 Å². The van der Waals surface area contributed by atoms with E-state index >= 15 is 0 Å². The SMILES string of the molecule is C=CCn1c(SC(C)C#N)nc2ccccc21. The van der Waals surface area contributed by atoms with Crippen LogP contribution >= 0.6 is 11.8 Å². The highest BCUT2D eigenvalue weighted by Gasteiger charge is 2.12. The summed E-state index contributed by atoms with van der Waals surface area (Å²) in [5, 5.41) is 9.64. The van der Waals surface area contributed by atoms with Gasteiger partial charge >= 0.3 is 0 Å². The van der Waals surface area contributed by atoms with Gasteiger partial charge in [-0.3, -0.25) is 0 Å². The Balaban J connectivity index is 2.50. The van der Waals surface area contributed by atoms with Crippen LogP contribution in [0.4, 0.5) is 0 Å². The summed E-state index contributed by atoms with van der Waals surface area (Å²) < 4.78 is 2.08. The van der Waals surface area contributed by atoms with Crippen molar-refractivity contribution >= 4 is 22.8 Å². The molecule has 0 fully saturated rings. The molecule has 3 nitrogen and oxygen atoms in total. The standard InChI is InChI=1S/C13H13N3S/c1-3-8-16-12-7-5-4-6-11(12)15-13(16)17-10(2)9-14/h3-7,10H,1,8H2,2H3. The molecule has 86 valence electrons. The monoisotopic (exact) mass is 243 g/mol. The van der Waals surface area contributed by atoms with Gasteiger partial charge in [0.1, 0.15) is 0 Å². The number of benzene rings is 1. The molecule has 0 aliphatic rings. The van der Waals surface area contributed by atoms with Crippen LogP contribution in [0.15, 0.2) is 42.1 Å². The molecule has 0 bridgehead atoms. The van der Waals surface area contributed by atoms with Gasteiger partial charge in [-0.2, -0.15) is 5.26 Å². The first-order valence-electron chi connectivity index (χ1n) is 5.38. The highest BCUT2D eigenvalue weighted by Crippen LogP contribution is 2.26. The molecule has 0 amide bonds. The van der Waals surface area contributed by atoms with Gasteiger partial charge < -0.3 is 4.57 Å². The number of hydrogen-bond donors (Lipinski definition) is 0. The zero-order chi connectivity index (χ0) is 12.3. The van der Waals surface area contributed by atoms with Gasteiger partial charge in [-0.15, -0.1) is 6.58 Å². The molecular weight excluding hydrogens is 230 g/mol. The number of imidazole rings is 1. The Bertz CT molecular complexity index is 580. The van der Waals surface area contributed by atoms with E-state index in [1.54, 1.807) is 0 Å². The van der Waals surface area contributed by atoms with Crippen molar-refractivity contribution in [2.45, 2.75) is 23.9 Å². The van der Waals surface area contributed by atoms with Crippen molar-refractivity contribution in [2.24, 2.45) is 0 Å². The Hall–Kier alpha value is -1.73. The summed E-state index contributed by atoms with van der Waals surface area (Å²) in [6.45, 7) is 6.35. The minimum Gasteiger partial charge on any atom is -0.315 e. The van der Waals surface area contributed by atoms with Crippen molar-refractivity contribution in [1.29, 1.82) is 5.26 Å². The molecule has 0 saturated carbocycles. The predicted molar refractivity (Wildman–Crippen MR) is 70.9 cm³/mol. The fraction of sp³-hybridized carbons (Fsp3) is 0.231. The quantitative estimate of drug-likeness (QED) is 0.611. The van der Waals surface area contributed by atoms with Gasteiger partial charge in [-0.25, -0.2) is 4.98 Å². The van der Waals surface area contributed by atoms with Gasteiger partial charge in [0, 0.05) is 6.54 Å². The largest absolute Gasteiger partial charge is 0.315 e. The lowest BCUT2D eigenvalue weighted by Crippen LogP contribution is -2.00. The summed E-state index contributed by atoms with van der Waals surface area (Å²) in [6, 6.07) is 10.2. The molecule has 1 atom stereocenters. The van der Waals surface area contributed by atoms with E-state index in [-0.39, 0.29) is 5.25 Å². The van der Waals surface area contributed by atoms with E-state index < -0.39 is 0 Å². The lowest BCUT2D eigenvalue weighted by molar-refractivity contribution is 0.747. The van der Waals surface area contributed by atoms with Crippen molar-refractivity contribution in [2.75, 3.05) is 0 Å². The van der Waals surface area contributed by atoms with Crippen molar-refractivity contribution in [3.05, 3.63) is 36.9 Å². The Morgan fingerprint density at radius 3 is 3.06 bits per heavy atom. The molecule has 17 heavy (non-hydrogen) atoms. The second kappa shape index (κ2) is 5.07. The number of allylic oxidation sites excluding steroid dienone is 1. The molecule has 1 aromatic heterocycles. The minimum absolute atomic E-state index is 0.102. The third-order valence-electron chi connectivity index (χ3n) is 2.40. The highest BCUT2D eigenvalue weighted by atomic mass is 32.2. The van der Waals surface area contributed by atoms with Crippen LogP contribution in [0.25, 0.3) is 11.0 Å². The topological polar surface area (TPSA) is 41.6 Å². The van der Waals surface area contributed by atoms with Crippen molar-refractivity contribution in [3.8, 4) is 6.07 Å². The fourth-order valence-corrected chi connectivity index (χ4v) is 2.45. The Kier molecular flexibility index (Phi) is 3.50. The maximum atomic E-state index is 8.86. The fourth-order valence-electron chi connectivity index (χ4n) is 1.63. The van der Waals surface area contributed by atoms with E-state index in [9.17, 15) is 0 Å². The summed E-state index contributed by atoms with van der Waals surface area (Å²) in [6.07, 6.45) is 1.84. The number of thioether (sulfide) groups is 1. The van der Waals surface area contributed by atoms with Crippen LogP contribution in [0.1, 0.15) is 6.92 Å². The van der Waals surface area contributed by atoms with Crippen LogP contribution < -0.4 is 0 Å². The molecular formula is C13H13N3S. The molecule has 0 aliphatic carbocycles. The molecule has 1 unspecified atom stereocenters. The average molecular weight is 243 g/mol. The molecule has 0 spiro atoms. The smallest absolute Gasteiger partial charge is 0.170 e. The number of aromatic nitrogens is 2. The van der Waals surface area contributed by atoms with Gasteiger partial charge in [0.2, 0.25) is 0 Å². The summed E-state index contributed by atoms with van der Waals surface area (Å²) in [5.74, 6) is 0. The van der Waals surface area contributed by atoms with E-state index in [0.717, 1.165) is 16.2 Å². The Morgan fingerprint density at radius 2 is 2.35 bits per heavy atom. The van der Waals surface area contributed by atoms with Gasteiger partial charge in [0.25, 0.3) is 0 Å². The van der Waals surface area contributed by atoms with E-state index in [1.165, 1.54) is 11.8 Å². The van der Waals surface area contributed by atoms with Crippen molar-refractivity contribution in [3.63, 3.8) is 0 Å². The average Bonchev–Trinajstić information content (AvgIpc) is 2.68. The maximum Gasteiger partial charge on any atom is 0.170 e. The molecule has 0 saturated heterocycles. The molecule has 0 aliphatic heterocycles. The first kappa shape index (κ1) is 11.7. The second-order valence-corrected chi connectivity index (χ2v) is 4.98. The predicted octanol–water partition coefficient (Wildman–Crippen LogP) is 3.23. The number of nitrogens with zero attached hydrogens (tertiary/aromatic N) is 3. The number of nitriles is 1. The van der Waals surface area contributed by atoms with E-state index in [4.69, 9.17) is 5.26 Å². The minimum atomic E-state index is -0.102. The number of rotatable bonds is 4. The van der Waals surface area contributed by atoms with Gasteiger partial charge in [0.15, 0.2) is 5.16 Å². The normalized spacial score (nSPS) is 12.2. The third kappa shape index (κ3) is 2.34. The molecule has 4 heteroatoms. The van der Waals surface area contributed by atoms with Gasteiger partial charge in [-0.05, 0) is 19.1 Å². The van der Waals surface area contributed by atoms with Crippen LogP contribution in [-0.4, -0.2) is 14.8 Å². The Labute approximate surface area is 105 Å². The lowest BCUT2D eigenvalue weighted by atomic mass is 10.3. The first-order valence-corrected chi connectivity index (χ1v) is 6.26. The summed E-state index contributed by atoms with van der Waals surface area (Å²) in [7, 11) is 0. The lowest BCUT2D eigenvalue weighted by Gasteiger charge is -2.06. The van der Waals surface area contributed by atoms with Gasteiger partial charge in [-0.1, -0.05) is 30.0 Å². The van der Waals surface area contributed by atoms with Crippen molar-refractivity contribution in [1.82, 2.24) is 9.55 Å². The molecule has 2 aromatic rings. The molecule has 2 rings (SSSR count). The number of para-hydroxylation sites is 2. The van der Waals surface area contributed by atoms with E-state index in [0.29, 0.717) is 6.54 Å². The van der Waals surface area contributed by atoms with Crippen LogP contribution in [0.2, 0.25) is 0 Å². The van der Waals surface area contributed by atoms with Crippen LogP contribution in [0.3, 0.4) is 0 Å². The second-order valence-electron chi connectivity index (χ2n) is 3.67. The van der Waals surface area contributed by atoms with E-state index in [1.807, 2.05) is 37.3 Å². The van der Waals surface area contributed by atoms with Crippen molar-refractivity contribution < 1.29 is 0 Å². The maximum absolute atomic E-state index is 8.86. The van der Waals surface area contributed by atoms with Gasteiger partial charge in [0.05, 0.1) is 22.4 Å². The summed E-state index contributed by atoms with van der Waals surface area (Å²) in [4.78, 5) is 4.55. The molecule has 0 N–H and O–H groups in total. The molecule has 0 radical (unpaired) electrons. The van der Waals surface area contributed by atoms with E-state index in [2.05, 4.69) is 22.2 Å². The molecule has 1 aromatic carbocycles. The summed E-state index contributed by atoms with van der Waals surface area (Å²) >= 11 is 1.48. The first-order chi connectivity index (χ1) is 8.26. The summed E-state index contributed by atoms with van der Waals surface area (Å²) in [5.41, 5.74) is 2.04. The number of fused-ring (bicyclic) bond motifs is 1. The zero-order valence-electron chi connectivity index (χ0n) is 9.63. The number of hydrogen-bond acceptors (Lipinski definition) is 3.